The Balaban J connectivity index is 2.05. The van der Waals surface area contributed by atoms with Crippen molar-refractivity contribution in [2.75, 3.05) is 23.3 Å². The molecule has 0 aliphatic rings. The molecule has 0 atom stereocenters. The summed E-state index contributed by atoms with van der Waals surface area (Å²) in [7, 11) is 0. The molecule has 2 amide bonds. The number of anilines is 2. The maximum absolute atomic E-state index is 12.4. The second-order valence-electron chi connectivity index (χ2n) is 6.53. The molecule has 2 aromatic rings. The van der Waals surface area contributed by atoms with Crippen molar-refractivity contribution < 1.29 is 9.59 Å². The molecule has 0 radical (unpaired) electrons. The van der Waals surface area contributed by atoms with E-state index in [1.807, 2.05) is 12.1 Å². The summed E-state index contributed by atoms with van der Waals surface area (Å²) in [5.41, 5.74) is 6.86. The van der Waals surface area contributed by atoms with Gasteiger partial charge in [0.05, 0.1) is 16.9 Å². The number of carbonyl (C=O) groups is 2. The largest absolute Gasteiger partial charge is 0.383 e. The molecule has 0 unspecified atom stereocenters. The van der Waals surface area contributed by atoms with Crippen LogP contribution in [-0.2, 0) is 4.79 Å². The molecule has 0 aliphatic carbocycles. The monoisotopic (exact) mass is 397 g/mol. The molecular weight excluding hydrogens is 374 g/mol. The number of rotatable bonds is 8. The Labute approximate surface area is 168 Å². The first kappa shape index (κ1) is 21.3. The molecule has 0 aliphatic heterocycles. The summed E-state index contributed by atoms with van der Waals surface area (Å²) in [4.78, 5) is 28.5. The normalized spacial score (nSPS) is 10.4. The van der Waals surface area contributed by atoms with Gasteiger partial charge in [0.15, 0.2) is 0 Å². The number of nitrogens with zero attached hydrogens (tertiary/aromatic N) is 2. The van der Waals surface area contributed by atoms with Crippen LogP contribution in [0.2, 0.25) is 0 Å². The Morgan fingerprint density at radius 3 is 2.64 bits per heavy atom. The van der Waals surface area contributed by atoms with E-state index in [1.165, 1.54) is 6.07 Å². The molecule has 0 spiro atoms. The second-order valence-corrected chi connectivity index (χ2v) is 7.49. The van der Waals surface area contributed by atoms with E-state index in [0.717, 1.165) is 18.2 Å². The fraction of sp³-hybridized carbons (Fsp3) is 0.300. The van der Waals surface area contributed by atoms with Gasteiger partial charge < -0.3 is 16.4 Å². The smallest absolute Gasteiger partial charge is 0.259 e. The quantitative estimate of drug-likeness (QED) is 0.589. The predicted octanol–water partition coefficient (Wildman–Crippen LogP) is 3.04. The number of nitrogens with two attached hydrogens (primary N) is 1. The Morgan fingerprint density at radius 1 is 1.29 bits per heavy atom. The van der Waals surface area contributed by atoms with Crippen LogP contribution >= 0.6 is 11.8 Å². The lowest BCUT2D eigenvalue weighted by Gasteiger charge is -2.10. The van der Waals surface area contributed by atoms with Crippen molar-refractivity contribution in [1.29, 1.82) is 5.26 Å². The molecule has 0 fully saturated rings. The lowest BCUT2D eigenvalue weighted by atomic mass is 10.1. The van der Waals surface area contributed by atoms with Crippen molar-refractivity contribution in [2.24, 2.45) is 5.92 Å². The number of carbonyl (C=O) groups excluding carboxylic acids is 2. The average Bonchev–Trinajstić information content (AvgIpc) is 2.66. The van der Waals surface area contributed by atoms with Crippen LogP contribution in [0.15, 0.2) is 41.4 Å². The lowest BCUT2D eigenvalue weighted by Crippen LogP contribution is -2.27. The van der Waals surface area contributed by atoms with E-state index < -0.39 is 5.91 Å². The molecule has 0 bridgehead atoms. The third kappa shape index (κ3) is 6.28. The topological polar surface area (TPSA) is 121 Å². The second kappa shape index (κ2) is 10.3. The molecule has 2 rings (SSSR count). The highest BCUT2D eigenvalue weighted by Gasteiger charge is 2.17. The van der Waals surface area contributed by atoms with Crippen LogP contribution < -0.4 is 16.4 Å². The van der Waals surface area contributed by atoms with Crippen LogP contribution in [0.1, 0.15) is 36.2 Å². The van der Waals surface area contributed by atoms with Crippen molar-refractivity contribution in [1.82, 2.24) is 10.3 Å². The Kier molecular flexibility index (Phi) is 7.84. The predicted molar refractivity (Wildman–Crippen MR) is 111 cm³/mol. The van der Waals surface area contributed by atoms with Gasteiger partial charge in [-0.25, -0.2) is 4.98 Å². The summed E-state index contributed by atoms with van der Waals surface area (Å²) in [5, 5.41) is 15.3. The summed E-state index contributed by atoms with van der Waals surface area (Å²) >= 11 is 1.12. The highest BCUT2D eigenvalue weighted by atomic mass is 32.2. The number of pyridine rings is 1. The summed E-state index contributed by atoms with van der Waals surface area (Å²) < 4.78 is 0. The van der Waals surface area contributed by atoms with Gasteiger partial charge in [0.25, 0.3) is 5.91 Å². The van der Waals surface area contributed by atoms with Crippen LogP contribution in [0.25, 0.3) is 0 Å². The van der Waals surface area contributed by atoms with Crippen LogP contribution in [0.5, 0.6) is 0 Å². The summed E-state index contributed by atoms with van der Waals surface area (Å²) in [6.45, 7) is 4.78. The van der Waals surface area contributed by atoms with E-state index in [9.17, 15) is 14.9 Å². The van der Waals surface area contributed by atoms with E-state index in [0.29, 0.717) is 23.2 Å². The zero-order valence-electron chi connectivity index (χ0n) is 15.9. The molecule has 1 aromatic heterocycles. The molecular formula is C20H23N5O2S. The Hall–Kier alpha value is -3.05. The van der Waals surface area contributed by atoms with Crippen LogP contribution in [0, 0.1) is 17.2 Å². The highest BCUT2D eigenvalue weighted by molar-refractivity contribution is 8.00. The van der Waals surface area contributed by atoms with Gasteiger partial charge in [0.1, 0.15) is 16.9 Å². The van der Waals surface area contributed by atoms with Gasteiger partial charge in [-0.2, -0.15) is 5.26 Å². The van der Waals surface area contributed by atoms with Crippen molar-refractivity contribution >= 4 is 35.1 Å². The van der Waals surface area contributed by atoms with Crippen LogP contribution in [0.4, 0.5) is 11.5 Å². The number of amides is 2. The van der Waals surface area contributed by atoms with E-state index >= 15 is 0 Å². The van der Waals surface area contributed by atoms with Gasteiger partial charge in [-0.05, 0) is 30.5 Å². The van der Waals surface area contributed by atoms with Crippen molar-refractivity contribution in [3.63, 3.8) is 0 Å². The molecule has 28 heavy (non-hydrogen) atoms. The van der Waals surface area contributed by atoms with Gasteiger partial charge in [-0.3, -0.25) is 9.59 Å². The number of aromatic nitrogens is 1. The maximum Gasteiger partial charge on any atom is 0.259 e. The first-order valence-corrected chi connectivity index (χ1v) is 9.85. The minimum absolute atomic E-state index is 0.00940. The lowest BCUT2D eigenvalue weighted by molar-refractivity contribution is -0.118. The van der Waals surface area contributed by atoms with E-state index in [2.05, 4.69) is 29.5 Å². The zero-order chi connectivity index (χ0) is 20.5. The van der Waals surface area contributed by atoms with Crippen molar-refractivity contribution in [3.05, 3.63) is 47.5 Å². The number of benzene rings is 1. The number of hydrogen-bond acceptors (Lipinski definition) is 6. The van der Waals surface area contributed by atoms with Gasteiger partial charge in [0.2, 0.25) is 5.91 Å². The fourth-order valence-corrected chi connectivity index (χ4v) is 3.08. The first-order valence-electron chi connectivity index (χ1n) is 8.87. The number of nitrogen functional groups attached to an aromatic ring is 1. The van der Waals surface area contributed by atoms with Gasteiger partial charge in [-0.15, -0.1) is 0 Å². The fourth-order valence-electron chi connectivity index (χ4n) is 2.29. The Bertz CT molecular complexity index is 878. The third-order valence-corrected chi connectivity index (χ3v) is 4.79. The number of thioether (sulfide) groups is 1. The minimum atomic E-state index is -0.448. The standard InChI is InChI=1S/C20H23N5O2S/c1-13(2)8-9-23-17(26)12-28-20-14(11-21)10-16(18(22)25-20)19(27)24-15-6-4-3-5-7-15/h3-7,10,13H,8-9,12H2,1-2H3,(H2,22,25)(H,23,26)(H,24,27). The summed E-state index contributed by atoms with van der Waals surface area (Å²) in [5.74, 6) is 0.0511. The molecule has 1 aromatic carbocycles. The molecule has 8 heteroatoms. The van der Waals surface area contributed by atoms with Gasteiger partial charge in [0, 0.05) is 12.2 Å². The third-order valence-electron chi connectivity index (χ3n) is 3.80. The summed E-state index contributed by atoms with van der Waals surface area (Å²) in [6.07, 6.45) is 0.899. The molecule has 1 heterocycles. The average molecular weight is 398 g/mol. The van der Waals surface area contributed by atoms with Crippen LogP contribution in [-0.4, -0.2) is 29.1 Å². The van der Waals surface area contributed by atoms with E-state index in [-0.39, 0.29) is 28.6 Å². The number of para-hydroxylation sites is 1. The number of hydrogen-bond donors (Lipinski definition) is 3. The van der Waals surface area contributed by atoms with Gasteiger partial charge in [-0.1, -0.05) is 43.8 Å². The summed E-state index contributed by atoms with van der Waals surface area (Å²) in [6, 6.07) is 12.3. The van der Waals surface area contributed by atoms with E-state index in [4.69, 9.17) is 5.73 Å². The molecule has 0 saturated heterocycles. The van der Waals surface area contributed by atoms with Gasteiger partial charge >= 0.3 is 0 Å². The maximum atomic E-state index is 12.4. The number of nitrogens with one attached hydrogen (secondary N) is 2. The first-order chi connectivity index (χ1) is 13.4. The minimum Gasteiger partial charge on any atom is -0.383 e. The SMILES string of the molecule is CC(C)CCNC(=O)CSc1nc(N)c(C(=O)Nc2ccccc2)cc1C#N. The van der Waals surface area contributed by atoms with E-state index in [1.54, 1.807) is 24.3 Å². The van der Waals surface area contributed by atoms with Crippen molar-refractivity contribution in [3.8, 4) is 6.07 Å². The molecule has 7 nitrogen and oxygen atoms in total. The zero-order valence-corrected chi connectivity index (χ0v) is 16.7. The molecule has 0 saturated carbocycles. The molecule has 4 N–H and O–H groups in total. The van der Waals surface area contributed by atoms with Crippen LogP contribution in [0.3, 0.4) is 0 Å². The Morgan fingerprint density at radius 2 is 2.00 bits per heavy atom. The number of nitriles is 1. The molecule has 146 valence electrons. The highest BCUT2D eigenvalue weighted by Crippen LogP contribution is 2.24. The van der Waals surface area contributed by atoms with Crippen molar-refractivity contribution in [2.45, 2.75) is 25.3 Å².